The van der Waals surface area contributed by atoms with Crippen LogP contribution in [-0.4, -0.2) is 6.67 Å². The zero-order valence-electron chi connectivity index (χ0n) is 5.69. The summed E-state index contributed by atoms with van der Waals surface area (Å²) in [4.78, 5) is 0. The molecule has 0 aliphatic heterocycles. The summed E-state index contributed by atoms with van der Waals surface area (Å²) in [6.45, 7) is 7.80. The molecule has 9 heavy (non-hydrogen) atoms. The van der Waals surface area contributed by atoms with Gasteiger partial charge in [-0.1, -0.05) is 12.7 Å². The standard InChI is InChI=1S/C7H14N2/c1-3-4-5-7(2)9-6-8/h3,9H,1-2,4-6,8H2. The molecule has 0 aromatic rings. The van der Waals surface area contributed by atoms with E-state index in [9.17, 15) is 0 Å². The molecule has 0 aliphatic rings. The Bertz CT molecular complexity index is 97.1. The van der Waals surface area contributed by atoms with Crippen molar-refractivity contribution in [2.75, 3.05) is 6.67 Å². The molecule has 0 heterocycles. The van der Waals surface area contributed by atoms with E-state index < -0.39 is 0 Å². The van der Waals surface area contributed by atoms with E-state index in [1.807, 2.05) is 6.08 Å². The van der Waals surface area contributed by atoms with Gasteiger partial charge in [-0.25, -0.2) is 0 Å². The average Bonchev–Trinajstić information content (AvgIpc) is 1.85. The molecule has 0 unspecified atom stereocenters. The van der Waals surface area contributed by atoms with Crippen LogP contribution in [0.25, 0.3) is 0 Å². The first-order chi connectivity index (χ1) is 4.31. The smallest absolute Gasteiger partial charge is 0.0624 e. The quantitative estimate of drug-likeness (QED) is 0.425. The molecule has 0 radical (unpaired) electrons. The van der Waals surface area contributed by atoms with Gasteiger partial charge in [-0.2, -0.15) is 0 Å². The van der Waals surface area contributed by atoms with Crippen molar-refractivity contribution < 1.29 is 0 Å². The lowest BCUT2D eigenvalue weighted by Crippen LogP contribution is -2.20. The molecule has 52 valence electrons. The third-order valence-electron chi connectivity index (χ3n) is 1.00. The largest absolute Gasteiger partial charge is 0.376 e. The first kappa shape index (κ1) is 8.24. The van der Waals surface area contributed by atoms with Crippen LogP contribution in [0.2, 0.25) is 0 Å². The summed E-state index contributed by atoms with van der Waals surface area (Å²) < 4.78 is 0. The summed E-state index contributed by atoms with van der Waals surface area (Å²) in [6, 6.07) is 0. The number of hydrogen-bond acceptors (Lipinski definition) is 2. The first-order valence-electron chi connectivity index (χ1n) is 3.04. The molecule has 0 rings (SSSR count). The minimum absolute atomic E-state index is 0.468. The molecule has 0 fully saturated rings. The maximum Gasteiger partial charge on any atom is 0.0624 e. The predicted molar refractivity (Wildman–Crippen MR) is 40.8 cm³/mol. The van der Waals surface area contributed by atoms with E-state index in [-0.39, 0.29) is 0 Å². The fraction of sp³-hybridized carbons (Fsp3) is 0.429. The maximum atomic E-state index is 5.20. The van der Waals surface area contributed by atoms with Crippen LogP contribution in [0.5, 0.6) is 0 Å². The van der Waals surface area contributed by atoms with E-state index in [0.717, 1.165) is 18.5 Å². The molecule has 2 heteroatoms. The maximum absolute atomic E-state index is 5.20. The van der Waals surface area contributed by atoms with E-state index in [0.29, 0.717) is 6.67 Å². The van der Waals surface area contributed by atoms with Gasteiger partial charge in [-0.15, -0.1) is 6.58 Å². The molecule has 0 aromatic carbocycles. The van der Waals surface area contributed by atoms with Crippen molar-refractivity contribution in [1.29, 1.82) is 0 Å². The number of allylic oxidation sites excluding steroid dienone is 2. The van der Waals surface area contributed by atoms with Gasteiger partial charge in [0.1, 0.15) is 0 Å². The van der Waals surface area contributed by atoms with Crippen LogP contribution in [0.3, 0.4) is 0 Å². The molecule has 0 amide bonds. The Morgan fingerprint density at radius 3 is 2.78 bits per heavy atom. The highest BCUT2D eigenvalue weighted by molar-refractivity contribution is 4.92. The molecular formula is C7H14N2. The highest BCUT2D eigenvalue weighted by atomic mass is 15.0. The molecule has 0 saturated heterocycles. The van der Waals surface area contributed by atoms with Gasteiger partial charge in [-0.05, 0) is 12.8 Å². The van der Waals surface area contributed by atoms with Crippen molar-refractivity contribution in [3.8, 4) is 0 Å². The van der Waals surface area contributed by atoms with Crippen molar-refractivity contribution in [2.45, 2.75) is 12.8 Å². The van der Waals surface area contributed by atoms with Gasteiger partial charge in [-0.3, -0.25) is 0 Å². The Morgan fingerprint density at radius 1 is 1.67 bits per heavy atom. The SMILES string of the molecule is C=CCCC(=C)NCN. The molecular weight excluding hydrogens is 112 g/mol. The Labute approximate surface area is 56.4 Å². The summed E-state index contributed by atoms with van der Waals surface area (Å²) in [5, 5.41) is 2.92. The number of nitrogens with two attached hydrogens (primary N) is 1. The van der Waals surface area contributed by atoms with Gasteiger partial charge in [0.05, 0.1) is 6.67 Å². The highest BCUT2D eigenvalue weighted by Gasteiger charge is 1.86. The fourth-order valence-corrected chi connectivity index (χ4v) is 0.509. The Balaban J connectivity index is 3.16. The Morgan fingerprint density at radius 2 is 2.33 bits per heavy atom. The molecule has 0 atom stereocenters. The van der Waals surface area contributed by atoms with E-state index >= 15 is 0 Å². The molecule has 0 bridgehead atoms. The molecule has 0 aliphatic carbocycles. The average molecular weight is 126 g/mol. The van der Waals surface area contributed by atoms with Gasteiger partial charge in [0.25, 0.3) is 0 Å². The van der Waals surface area contributed by atoms with Gasteiger partial charge in [0, 0.05) is 5.70 Å². The van der Waals surface area contributed by atoms with Crippen LogP contribution in [0, 0.1) is 0 Å². The second-order valence-electron chi connectivity index (χ2n) is 1.81. The van der Waals surface area contributed by atoms with Crippen LogP contribution in [0.15, 0.2) is 24.9 Å². The van der Waals surface area contributed by atoms with E-state index in [4.69, 9.17) is 5.73 Å². The van der Waals surface area contributed by atoms with Gasteiger partial charge < -0.3 is 11.1 Å². The summed E-state index contributed by atoms with van der Waals surface area (Å²) in [6.07, 6.45) is 3.76. The molecule has 0 aromatic heterocycles. The lowest BCUT2D eigenvalue weighted by atomic mass is 10.2. The Hall–Kier alpha value is -0.760. The zero-order chi connectivity index (χ0) is 7.11. The van der Waals surface area contributed by atoms with Crippen LogP contribution >= 0.6 is 0 Å². The van der Waals surface area contributed by atoms with Crippen molar-refractivity contribution in [3.05, 3.63) is 24.9 Å². The van der Waals surface area contributed by atoms with Crippen LogP contribution in [0.1, 0.15) is 12.8 Å². The second-order valence-corrected chi connectivity index (χ2v) is 1.81. The topological polar surface area (TPSA) is 38.0 Å². The normalized spacial score (nSPS) is 8.56. The Kier molecular flexibility index (Phi) is 4.92. The lowest BCUT2D eigenvalue weighted by molar-refractivity contribution is 0.769. The number of rotatable bonds is 5. The van der Waals surface area contributed by atoms with Crippen LogP contribution < -0.4 is 11.1 Å². The molecule has 3 N–H and O–H groups in total. The predicted octanol–water partition coefficient (Wildman–Crippen LogP) is 0.972. The lowest BCUT2D eigenvalue weighted by Gasteiger charge is -2.03. The van der Waals surface area contributed by atoms with E-state index in [1.165, 1.54) is 0 Å². The van der Waals surface area contributed by atoms with Crippen molar-refractivity contribution in [1.82, 2.24) is 5.32 Å². The van der Waals surface area contributed by atoms with Crippen molar-refractivity contribution in [3.63, 3.8) is 0 Å². The number of nitrogens with one attached hydrogen (secondary N) is 1. The molecule has 0 saturated carbocycles. The van der Waals surface area contributed by atoms with Crippen molar-refractivity contribution in [2.24, 2.45) is 5.73 Å². The van der Waals surface area contributed by atoms with E-state index in [1.54, 1.807) is 0 Å². The summed E-state index contributed by atoms with van der Waals surface area (Å²) in [7, 11) is 0. The van der Waals surface area contributed by atoms with Crippen LogP contribution in [0.4, 0.5) is 0 Å². The number of hydrogen-bond donors (Lipinski definition) is 2. The van der Waals surface area contributed by atoms with E-state index in [2.05, 4.69) is 18.5 Å². The summed E-state index contributed by atoms with van der Waals surface area (Å²) in [5.41, 5.74) is 6.19. The van der Waals surface area contributed by atoms with Crippen molar-refractivity contribution >= 4 is 0 Å². The van der Waals surface area contributed by atoms with Crippen LogP contribution in [-0.2, 0) is 0 Å². The molecule has 2 nitrogen and oxygen atoms in total. The first-order valence-corrected chi connectivity index (χ1v) is 3.04. The van der Waals surface area contributed by atoms with Gasteiger partial charge >= 0.3 is 0 Å². The zero-order valence-corrected chi connectivity index (χ0v) is 5.69. The minimum Gasteiger partial charge on any atom is -0.376 e. The molecule has 0 spiro atoms. The minimum atomic E-state index is 0.468. The summed E-state index contributed by atoms with van der Waals surface area (Å²) in [5.74, 6) is 0. The highest BCUT2D eigenvalue weighted by Crippen LogP contribution is 1.96. The third kappa shape index (κ3) is 5.11. The third-order valence-corrected chi connectivity index (χ3v) is 1.00. The second kappa shape index (κ2) is 5.38. The van der Waals surface area contributed by atoms with Gasteiger partial charge in [0.15, 0.2) is 0 Å². The van der Waals surface area contributed by atoms with Gasteiger partial charge in [0.2, 0.25) is 0 Å². The summed E-state index contributed by atoms with van der Waals surface area (Å²) >= 11 is 0. The fourth-order valence-electron chi connectivity index (χ4n) is 0.509. The monoisotopic (exact) mass is 126 g/mol.